The molecule has 1 aliphatic heterocycles. The number of halogens is 1. The number of carbonyl (C=O) groups is 2. The summed E-state index contributed by atoms with van der Waals surface area (Å²) < 4.78 is 50.8. The number of rotatable bonds is 7. The number of hydrogen-bond donors (Lipinski definition) is 1. The molecule has 2 aromatic rings. The average Bonchev–Trinajstić information content (AvgIpc) is 2.79. The maximum absolute atomic E-state index is 14.2. The van der Waals surface area contributed by atoms with Crippen molar-refractivity contribution in [1.29, 1.82) is 0 Å². The van der Waals surface area contributed by atoms with Gasteiger partial charge in [-0.2, -0.15) is 4.31 Å². The van der Waals surface area contributed by atoms with Gasteiger partial charge in [0, 0.05) is 19.2 Å². The van der Waals surface area contributed by atoms with Gasteiger partial charge < -0.3 is 14.8 Å². The molecule has 176 valence electrons. The van der Waals surface area contributed by atoms with Crippen LogP contribution >= 0.6 is 0 Å². The largest absolute Gasteiger partial charge is 0.452 e. The van der Waals surface area contributed by atoms with E-state index in [2.05, 4.69) is 5.32 Å². The number of esters is 1. The molecule has 1 N–H and O–H groups in total. The molecule has 0 bridgehead atoms. The van der Waals surface area contributed by atoms with Gasteiger partial charge in [0.05, 0.1) is 39.8 Å². The van der Waals surface area contributed by atoms with Gasteiger partial charge >= 0.3 is 5.97 Å². The van der Waals surface area contributed by atoms with Gasteiger partial charge in [-0.3, -0.25) is 14.9 Å². The average molecular weight is 481 g/mol. The number of nitrogens with one attached hydrogen (secondary N) is 1. The molecule has 1 fully saturated rings. The van der Waals surface area contributed by atoms with Crippen molar-refractivity contribution in [3.8, 4) is 0 Å². The Morgan fingerprint density at radius 3 is 2.61 bits per heavy atom. The Bertz CT molecular complexity index is 1200. The Morgan fingerprint density at radius 1 is 1.24 bits per heavy atom. The number of carbonyl (C=O) groups excluding carboxylic acids is 2. The van der Waals surface area contributed by atoms with E-state index < -0.39 is 44.8 Å². The fourth-order valence-electron chi connectivity index (χ4n) is 3.11. The van der Waals surface area contributed by atoms with Crippen LogP contribution in [-0.2, 0) is 24.3 Å². The number of nitro groups is 1. The Morgan fingerprint density at radius 2 is 1.94 bits per heavy atom. The third kappa shape index (κ3) is 5.50. The highest BCUT2D eigenvalue weighted by atomic mass is 32.2. The van der Waals surface area contributed by atoms with Crippen LogP contribution in [-0.4, -0.2) is 62.4 Å². The van der Waals surface area contributed by atoms with E-state index in [0.29, 0.717) is 0 Å². The van der Waals surface area contributed by atoms with Crippen molar-refractivity contribution in [3.05, 3.63) is 63.5 Å². The number of hydrogen-bond acceptors (Lipinski definition) is 8. The topological polar surface area (TPSA) is 145 Å². The van der Waals surface area contributed by atoms with Crippen LogP contribution < -0.4 is 5.32 Å². The summed E-state index contributed by atoms with van der Waals surface area (Å²) in [5.41, 5.74) is -0.502. The second kappa shape index (κ2) is 10.0. The predicted octanol–water partition coefficient (Wildman–Crippen LogP) is 1.86. The number of anilines is 1. The van der Waals surface area contributed by atoms with E-state index in [1.807, 2.05) is 0 Å². The van der Waals surface area contributed by atoms with Crippen molar-refractivity contribution in [2.45, 2.75) is 11.8 Å². The standard InChI is InChI=1S/C20H20FN3O8S/c1-13-17(3-2-4-18(13)24(27)28)22-19(25)12-32-20(26)15-11-14(5-6-16(15)21)33(29,30)23-7-9-31-10-8-23/h2-6,11H,7-10,12H2,1H3,(H,22,25). The lowest BCUT2D eigenvalue weighted by atomic mass is 10.1. The molecule has 0 aliphatic carbocycles. The lowest BCUT2D eigenvalue weighted by Crippen LogP contribution is -2.40. The first-order chi connectivity index (χ1) is 15.6. The summed E-state index contributed by atoms with van der Waals surface area (Å²) in [4.78, 5) is 34.6. The van der Waals surface area contributed by atoms with E-state index in [4.69, 9.17) is 9.47 Å². The Balaban J connectivity index is 1.69. The fourth-order valence-corrected chi connectivity index (χ4v) is 4.54. The highest BCUT2D eigenvalue weighted by molar-refractivity contribution is 7.89. The normalized spacial score (nSPS) is 14.5. The molecule has 0 atom stereocenters. The zero-order chi connectivity index (χ0) is 24.2. The van der Waals surface area contributed by atoms with Crippen LogP contribution in [0.1, 0.15) is 15.9 Å². The maximum atomic E-state index is 14.2. The molecule has 33 heavy (non-hydrogen) atoms. The number of nitro benzene ring substituents is 1. The molecule has 13 heteroatoms. The van der Waals surface area contributed by atoms with E-state index in [0.717, 1.165) is 22.5 Å². The first-order valence-electron chi connectivity index (χ1n) is 9.69. The molecule has 0 spiro atoms. The number of sulfonamides is 1. The number of ether oxygens (including phenoxy) is 2. The maximum Gasteiger partial charge on any atom is 0.341 e. The van der Waals surface area contributed by atoms with Crippen molar-refractivity contribution in [3.63, 3.8) is 0 Å². The van der Waals surface area contributed by atoms with E-state index >= 15 is 0 Å². The van der Waals surface area contributed by atoms with Gasteiger partial charge in [-0.1, -0.05) is 6.07 Å². The molecule has 1 saturated heterocycles. The molecule has 1 aliphatic rings. The summed E-state index contributed by atoms with van der Waals surface area (Å²) in [6, 6.07) is 6.80. The highest BCUT2D eigenvalue weighted by Gasteiger charge is 2.28. The van der Waals surface area contributed by atoms with Crippen molar-refractivity contribution in [2.75, 3.05) is 38.2 Å². The number of amides is 1. The van der Waals surface area contributed by atoms with E-state index in [9.17, 15) is 32.5 Å². The summed E-state index contributed by atoms with van der Waals surface area (Å²) >= 11 is 0. The summed E-state index contributed by atoms with van der Waals surface area (Å²) in [5, 5.41) is 13.4. The second-order valence-electron chi connectivity index (χ2n) is 6.99. The summed E-state index contributed by atoms with van der Waals surface area (Å²) in [6.45, 7) is 1.30. The highest BCUT2D eigenvalue weighted by Crippen LogP contribution is 2.25. The van der Waals surface area contributed by atoms with Gasteiger partial charge in [0.1, 0.15) is 5.82 Å². The van der Waals surface area contributed by atoms with Gasteiger partial charge in [0.25, 0.3) is 11.6 Å². The summed E-state index contributed by atoms with van der Waals surface area (Å²) in [7, 11) is -3.98. The minimum Gasteiger partial charge on any atom is -0.452 e. The molecule has 0 unspecified atom stereocenters. The van der Waals surface area contributed by atoms with Gasteiger partial charge in [0.15, 0.2) is 6.61 Å². The van der Waals surface area contributed by atoms with E-state index in [-0.39, 0.29) is 48.1 Å². The van der Waals surface area contributed by atoms with Crippen LogP contribution in [0.5, 0.6) is 0 Å². The lowest BCUT2D eigenvalue weighted by molar-refractivity contribution is -0.385. The molecule has 2 aromatic carbocycles. The first kappa shape index (κ1) is 24.2. The van der Waals surface area contributed by atoms with Gasteiger partial charge in [-0.15, -0.1) is 0 Å². The molecule has 1 amide bonds. The second-order valence-corrected chi connectivity index (χ2v) is 8.93. The molecule has 0 saturated carbocycles. The zero-order valence-corrected chi connectivity index (χ0v) is 18.3. The molecular formula is C20H20FN3O8S. The molecule has 0 aromatic heterocycles. The predicted molar refractivity (Wildman–Crippen MR) is 113 cm³/mol. The van der Waals surface area contributed by atoms with E-state index in [1.165, 1.54) is 25.1 Å². The Labute approximate surface area is 188 Å². The van der Waals surface area contributed by atoms with Crippen LogP contribution in [0.3, 0.4) is 0 Å². The molecule has 3 rings (SSSR count). The smallest absolute Gasteiger partial charge is 0.341 e. The summed E-state index contributed by atoms with van der Waals surface area (Å²) in [6.07, 6.45) is 0. The molecule has 1 heterocycles. The van der Waals surface area contributed by atoms with Crippen molar-refractivity contribution in [1.82, 2.24) is 4.31 Å². The minimum absolute atomic E-state index is 0.122. The van der Waals surface area contributed by atoms with Gasteiger partial charge in [-0.25, -0.2) is 17.6 Å². The van der Waals surface area contributed by atoms with Crippen LogP contribution in [0.2, 0.25) is 0 Å². The van der Waals surface area contributed by atoms with Crippen molar-refractivity contribution < 1.29 is 36.8 Å². The van der Waals surface area contributed by atoms with Crippen molar-refractivity contribution in [2.24, 2.45) is 0 Å². The fraction of sp³-hybridized carbons (Fsp3) is 0.300. The van der Waals surface area contributed by atoms with Crippen LogP contribution in [0, 0.1) is 22.9 Å². The third-order valence-corrected chi connectivity index (χ3v) is 6.77. The van der Waals surface area contributed by atoms with Gasteiger partial charge in [0.2, 0.25) is 10.0 Å². The van der Waals surface area contributed by atoms with Crippen LogP contribution in [0.15, 0.2) is 41.3 Å². The van der Waals surface area contributed by atoms with Crippen LogP contribution in [0.4, 0.5) is 15.8 Å². The van der Waals surface area contributed by atoms with Gasteiger partial charge in [-0.05, 0) is 31.2 Å². The lowest BCUT2D eigenvalue weighted by Gasteiger charge is -2.26. The zero-order valence-electron chi connectivity index (χ0n) is 17.4. The SMILES string of the molecule is Cc1c(NC(=O)COC(=O)c2cc(S(=O)(=O)N3CCOCC3)ccc2F)cccc1[N+](=O)[O-]. The Hall–Kier alpha value is -3.42. The van der Waals surface area contributed by atoms with Crippen molar-refractivity contribution >= 4 is 33.3 Å². The molecule has 11 nitrogen and oxygen atoms in total. The quantitative estimate of drug-likeness (QED) is 0.358. The molecular weight excluding hydrogens is 461 g/mol. The molecule has 0 radical (unpaired) electrons. The number of nitrogens with zero attached hydrogens (tertiary/aromatic N) is 2. The first-order valence-corrected chi connectivity index (χ1v) is 11.1. The summed E-state index contributed by atoms with van der Waals surface area (Å²) in [5.74, 6) is -3.07. The Kier molecular flexibility index (Phi) is 7.36. The monoisotopic (exact) mass is 481 g/mol. The number of morpholine rings is 1. The van der Waals surface area contributed by atoms with Crippen LogP contribution in [0.25, 0.3) is 0 Å². The third-order valence-electron chi connectivity index (χ3n) is 4.88. The van der Waals surface area contributed by atoms with E-state index in [1.54, 1.807) is 0 Å². The minimum atomic E-state index is -3.98. The number of benzene rings is 2.